The van der Waals surface area contributed by atoms with Crippen LogP contribution in [-0.2, 0) is 6.18 Å². The minimum atomic E-state index is -4.85. The molecule has 2 nitrogen and oxygen atoms in total. The normalized spacial score (nSPS) is 11.7. The molecule has 110 valence electrons. The molecule has 8 heteroatoms. The predicted octanol–water partition coefficient (Wildman–Crippen LogP) is 4.95. The maximum absolute atomic E-state index is 12.8. The van der Waals surface area contributed by atoms with Gasteiger partial charge < -0.3 is 5.11 Å². The van der Waals surface area contributed by atoms with Gasteiger partial charge in [-0.15, -0.1) is 11.3 Å². The number of phenols is 1. The third-order valence-electron chi connectivity index (χ3n) is 2.69. The summed E-state index contributed by atoms with van der Waals surface area (Å²) < 4.78 is 63.5. The fourth-order valence-electron chi connectivity index (χ4n) is 1.74. The van der Waals surface area contributed by atoms with E-state index in [1.54, 1.807) is 6.07 Å². The summed E-state index contributed by atoms with van der Waals surface area (Å²) in [6.45, 7) is 0. The monoisotopic (exact) mass is 319 g/mol. The highest BCUT2D eigenvalue weighted by Gasteiger charge is 2.35. The molecule has 1 N–H and O–H groups in total. The summed E-state index contributed by atoms with van der Waals surface area (Å²) >= 11 is 0.663. The van der Waals surface area contributed by atoms with E-state index in [1.165, 1.54) is 5.38 Å². The molecule has 21 heavy (non-hydrogen) atoms. The highest BCUT2D eigenvalue weighted by atomic mass is 32.1. The Bertz CT molecular complexity index is 714. The van der Waals surface area contributed by atoms with Gasteiger partial charge >= 0.3 is 6.18 Å². The third-order valence-corrected chi connectivity index (χ3v) is 3.63. The van der Waals surface area contributed by atoms with E-state index in [1.807, 2.05) is 0 Å². The van der Waals surface area contributed by atoms with E-state index in [0.717, 1.165) is 12.1 Å². The van der Waals surface area contributed by atoms with Gasteiger partial charge in [0.15, 0.2) is 0 Å². The molecule has 2 aromatic rings. The van der Waals surface area contributed by atoms with Crippen LogP contribution in [0.3, 0.4) is 0 Å². The van der Waals surface area contributed by atoms with Crippen molar-refractivity contribution in [2.24, 2.45) is 0 Å². The van der Waals surface area contributed by atoms with Crippen molar-refractivity contribution < 1.29 is 27.1 Å². The molecular weight excluding hydrogens is 313 g/mol. The zero-order valence-electron chi connectivity index (χ0n) is 10.1. The van der Waals surface area contributed by atoms with Crippen molar-refractivity contribution in [2.75, 3.05) is 0 Å². The van der Waals surface area contributed by atoms with Crippen LogP contribution in [0.2, 0.25) is 0 Å². The van der Waals surface area contributed by atoms with Crippen LogP contribution in [0.4, 0.5) is 22.0 Å². The molecule has 0 saturated heterocycles. The lowest BCUT2D eigenvalue weighted by Crippen LogP contribution is -2.06. The first kappa shape index (κ1) is 15.3. The first-order valence-corrected chi connectivity index (χ1v) is 6.33. The Hall–Kier alpha value is -2.14. The van der Waals surface area contributed by atoms with Gasteiger partial charge in [0.1, 0.15) is 5.75 Å². The lowest BCUT2D eigenvalue weighted by molar-refractivity contribution is -0.138. The molecule has 0 radical (unpaired) electrons. The van der Waals surface area contributed by atoms with Crippen molar-refractivity contribution in [2.45, 2.75) is 12.6 Å². The van der Waals surface area contributed by atoms with Crippen LogP contribution in [0.1, 0.15) is 22.4 Å². The van der Waals surface area contributed by atoms with Gasteiger partial charge in [0.05, 0.1) is 22.1 Å². The molecule has 1 heterocycles. The number of rotatable bonds is 2. The highest BCUT2D eigenvalue weighted by Crippen LogP contribution is 2.43. The van der Waals surface area contributed by atoms with Crippen LogP contribution in [0, 0.1) is 11.3 Å². The van der Waals surface area contributed by atoms with Crippen LogP contribution in [-0.4, -0.2) is 5.11 Å². The van der Waals surface area contributed by atoms with Gasteiger partial charge in [-0.25, -0.2) is 8.78 Å². The van der Waals surface area contributed by atoms with Crippen LogP contribution in [0.5, 0.6) is 5.75 Å². The SMILES string of the molecule is N#Cc1cc(-c2csc(C(F)F)c2)c(O)c(C(F)(F)F)c1. The van der Waals surface area contributed by atoms with E-state index in [2.05, 4.69) is 0 Å². The Morgan fingerprint density at radius 1 is 1.19 bits per heavy atom. The van der Waals surface area contributed by atoms with E-state index in [9.17, 15) is 27.1 Å². The fraction of sp³-hybridized carbons (Fsp3) is 0.154. The largest absolute Gasteiger partial charge is 0.507 e. The number of phenolic OH excluding ortho intramolecular Hbond substituents is 1. The zero-order valence-corrected chi connectivity index (χ0v) is 10.9. The maximum atomic E-state index is 12.8. The highest BCUT2D eigenvalue weighted by molar-refractivity contribution is 7.10. The van der Waals surface area contributed by atoms with Crippen molar-refractivity contribution in [3.05, 3.63) is 39.6 Å². The average molecular weight is 319 g/mol. The summed E-state index contributed by atoms with van der Waals surface area (Å²) in [5.41, 5.74) is -1.99. The third kappa shape index (κ3) is 2.97. The zero-order chi connectivity index (χ0) is 15.8. The van der Waals surface area contributed by atoms with E-state index >= 15 is 0 Å². The van der Waals surface area contributed by atoms with Gasteiger partial charge in [0.2, 0.25) is 0 Å². The summed E-state index contributed by atoms with van der Waals surface area (Å²) in [5, 5.41) is 19.7. The Morgan fingerprint density at radius 3 is 2.33 bits per heavy atom. The maximum Gasteiger partial charge on any atom is 0.420 e. The van der Waals surface area contributed by atoms with Crippen LogP contribution < -0.4 is 0 Å². The van der Waals surface area contributed by atoms with Gasteiger partial charge in [0.25, 0.3) is 6.43 Å². The number of aromatic hydroxyl groups is 1. The quantitative estimate of drug-likeness (QED) is 0.796. The Kier molecular flexibility index (Phi) is 3.87. The van der Waals surface area contributed by atoms with Crippen LogP contribution in [0.25, 0.3) is 11.1 Å². The number of nitrogens with zero attached hydrogens (tertiary/aromatic N) is 1. The standard InChI is InChI=1S/C13H6F5NOS/c14-12(15)10-3-7(5-21-10)8-1-6(4-19)2-9(11(8)20)13(16,17)18/h1-3,5,12,20H. The topological polar surface area (TPSA) is 44.0 Å². The number of benzene rings is 1. The number of halogens is 5. The van der Waals surface area contributed by atoms with Gasteiger partial charge in [0, 0.05) is 5.56 Å². The van der Waals surface area contributed by atoms with Gasteiger partial charge in [-0.2, -0.15) is 18.4 Å². The van der Waals surface area contributed by atoms with Gasteiger partial charge in [-0.3, -0.25) is 0 Å². The Balaban J connectivity index is 2.65. The number of alkyl halides is 5. The molecule has 1 aromatic carbocycles. The van der Waals surface area contributed by atoms with Crippen molar-refractivity contribution in [3.8, 4) is 22.9 Å². The number of hydrogen-bond acceptors (Lipinski definition) is 3. The minimum Gasteiger partial charge on any atom is -0.507 e. The second kappa shape index (κ2) is 5.33. The molecule has 2 rings (SSSR count). The molecule has 0 saturated carbocycles. The summed E-state index contributed by atoms with van der Waals surface area (Å²) in [4.78, 5) is -0.333. The molecule has 1 aromatic heterocycles. The summed E-state index contributed by atoms with van der Waals surface area (Å²) in [6, 6.07) is 4.09. The second-order valence-corrected chi connectivity index (χ2v) is 5.01. The number of thiophene rings is 1. The molecule has 0 spiro atoms. The number of hydrogen-bond donors (Lipinski definition) is 1. The molecule has 0 fully saturated rings. The molecule has 0 amide bonds. The first-order valence-electron chi connectivity index (χ1n) is 5.45. The van der Waals surface area contributed by atoms with Crippen molar-refractivity contribution >= 4 is 11.3 Å². The van der Waals surface area contributed by atoms with Gasteiger partial charge in [-0.05, 0) is 29.1 Å². The second-order valence-electron chi connectivity index (χ2n) is 4.07. The molecule has 0 aliphatic rings. The number of nitriles is 1. The lowest BCUT2D eigenvalue weighted by atomic mass is 10.00. The lowest BCUT2D eigenvalue weighted by Gasteiger charge is -2.12. The van der Waals surface area contributed by atoms with E-state index in [4.69, 9.17) is 5.26 Å². The van der Waals surface area contributed by atoms with E-state index < -0.39 is 23.9 Å². The molecule has 0 aliphatic carbocycles. The Labute approximate surface area is 119 Å². The Morgan fingerprint density at radius 2 is 1.86 bits per heavy atom. The molecule has 0 atom stereocenters. The smallest absolute Gasteiger partial charge is 0.420 e. The van der Waals surface area contributed by atoms with Crippen molar-refractivity contribution in [3.63, 3.8) is 0 Å². The molecular formula is C13H6F5NOS. The van der Waals surface area contributed by atoms with E-state index in [0.29, 0.717) is 17.4 Å². The molecule has 0 unspecified atom stereocenters. The van der Waals surface area contributed by atoms with Crippen LogP contribution in [0.15, 0.2) is 23.6 Å². The molecule has 0 bridgehead atoms. The fourth-order valence-corrected chi connectivity index (χ4v) is 2.50. The van der Waals surface area contributed by atoms with Gasteiger partial charge in [-0.1, -0.05) is 0 Å². The first-order chi connectivity index (χ1) is 9.74. The summed E-state index contributed by atoms with van der Waals surface area (Å²) in [7, 11) is 0. The summed E-state index contributed by atoms with van der Waals surface area (Å²) in [6.07, 6.45) is -7.61. The minimum absolute atomic E-state index is 0.00963. The predicted molar refractivity (Wildman–Crippen MR) is 66.1 cm³/mol. The van der Waals surface area contributed by atoms with Crippen LogP contribution >= 0.6 is 11.3 Å². The van der Waals surface area contributed by atoms with Crippen molar-refractivity contribution in [1.29, 1.82) is 5.26 Å². The molecule has 0 aliphatic heterocycles. The van der Waals surface area contributed by atoms with E-state index in [-0.39, 0.29) is 21.6 Å². The van der Waals surface area contributed by atoms with Crippen molar-refractivity contribution in [1.82, 2.24) is 0 Å². The summed E-state index contributed by atoms with van der Waals surface area (Å²) in [5.74, 6) is -1.08. The average Bonchev–Trinajstić information content (AvgIpc) is 2.87.